The summed E-state index contributed by atoms with van der Waals surface area (Å²) in [4.78, 5) is 23.3. The highest BCUT2D eigenvalue weighted by atomic mass is 19.1. The zero-order valence-electron chi connectivity index (χ0n) is 10.5. The quantitative estimate of drug-likeness (QED) is 0.847. The number of hydrogen-bond donors (Lipinski definition) is 1. The van der Waals surface area contributed by atoms with Gasteiger partial charge < -0.3 is 10.1 Å². The highest BCUT2D eigenvalue weighted by Gasteiger charge is 2.28. The van der Waals surface area contributed by atoms with E-state index in [-0.39, 0.29) is 24.8 Å². The molecule has 1 aliphatic rings. The van der Waals surface area contributed by atoms with Crippen LogP contribution < -0.4 is 5.32 Å². The fourth-order valence-corrected chi connectivity index (χ4v) is 1.95. The zero-order valence-corrected chi connectivity index (χ0v) is 10.5. The first kappa shape index (κ1) is 13.3. The van der Waals surface area contributed by atoms with Crippen LogP contribution in [-0.2, 0) is 14.3 Å². The first-order valence-electron chi connectivity index (χ1n) is 6.04. The Balaban J connectivity index is 2.31. The van der Waals surface area contributed by atoms with Crippen molar-refractivity contribution in [1.29, 1.82) is 0 Å². The molecule has 19 heavy (non-hydrogen) atoms. The maximum atomic E-state index is 12.9. The van der Waals surface area contributed by atoms with Gasteiger partial charge in [-0.25, -0.2) is 9.18 Å². The lowest BCUT2D eigenvalue weighted by Crippen LogP contribution is -2.35. The minimum Gasteiger partial charge on any atom is -0.463 e. The lowest BCUT2D eigenvalue weighted by atomic mass is 9.94. The van der Waals surface area contributed by atoms with Gasteiger partial charge in [0, 0.05) is 6.42 Å². The average Bonchev–Trinajstić information content (AvgIpc) is 2.39. The Morgan fingerprint density at radius 2 is 2.11 bits per heavy atom. The van der Waals surface area contributed by atoms with E-state index in [1.54, 1.807) is 25.1 Å². The predicted octanol–water partition coefficient (Wildman–Crippen LogP) is 1.88. The molecule has 0 bridgehead atoms. The monoisotopic (exact) mass is 263 g/mol. The maximum Gasteiger partial charge on any atom is 0.336 e. The molecule has 1 unspecified atom stereocenters. The molecule has 0 radical (unpaired) electrons. The zero-order chi connectivity index (χ0) is 13.8. The molecule has 0 saturated heterocycles. The van der Waals surface area contributed by atoms with Gasteiger partial charge in [0.1, 0.15) is 5.82 Å². The van der Waals surface area contributed by atoms with E-state index >= 15 is 0 Å². The second-order valence-electron chi connectivity index (χ2n) is 4.14. The molecule has 4 nitrogen and oxygen atoms in total. The number of benzene rings is 1. The molecule has 0 aromatic heterocycles. The summed E-state index contributed by atoms with van der Waals surface area (Å²) in [5.74, 6) is -1.01. The van der Waals surface area contributed by atoms with Gasteiger partial charge >= 0.3 is 5.97 Å². The minimum atomic E-state index is -0.583. The number of carbonyl (C=O) groups excluding carboxylic acids is 2. The fourth-order valence-electron chi connectivity index (χ4n) is 1.95. The maximum absolute atomic E-state index is 12.9. The van der Waals surface area contributed by atoms with Gasteiger partial charge in [-0.2, -0.15) is 0 Å². The topological polar surface area (TPSA) is 55.4 Å². The summed E-state index contributed by atoms with van der Waals surface area (Å²) in [6.07, 6.45) is 1.71. The van der Waals surface area contributed by atoms with E-state index in [1.807, 2.05) is 0 Å². The number of carbonyl (C=O) groups is 2. The van der Waals surface area contributed by atoms with Crippen molar-refractivity contribution in [3.63, 3.8) is 0 Å². The molecule has 1 amide bonds. The summed E-state index contributed by atoms with van der Waals surface area (Å²) < 4.78 is 17.9. The van der Waals surface area contributed by atoms with Crippen LogP contribution in [0, 0.1) is 5.82 Å². The van der Waals surface area contributed by atoms with Gasteiger partial charge in [-0.05, 0) is 24.6 Å². The van der Waals surface area contributed by atoms with E-state index in [9.17, 15) is 14.0 Å². The Morgan fingerprint density at radius 1 is 1.42 bits per heavy atom. The van der Waals surface area contributed by atoms with Crippen LogP contribution in [0.1, 0.15) is 24.9 Å². The Bertz CT molecular complexity index is 522. The van der Waals surface area contributed by atoms with Crippen molar-refractivity contribution in [2.24, 2.45) is 0 Å². The van der Waals surface area contributed by atoms with Crippen LogP contribution in [0.2, 0.25) is 0 Å². The smallest absolute Gasteiger partial charge is 0.336 e. The molecule has 2 rings (SSSR count). The highest BCUT2D eigenvalue weighted by Crippen LogP contribution is 2.26. The van der Waals surface area contributed by atoms with Crippen molar-refractivity contribution < 1.29 is 18.7 Å². The number of hydrogen-bond acceptors (Lipinski definition) is 3. The van der Waals surface area contributed by atoms with Crippen LogP contribution in [0.4, 0.5) is 4.39 Å². The molecule has 0 aliphatic carbocycles. The largest absolute Gasteiger partial charge is 0.463 e. The number of halogens is 1. The highest BCUT2D eigenvalue weighted by molar-refractivity contribution is 5.94. The number of rotatable bonds is 3. The van der Waals surface area contributed by atoms with Gasteiger partial charge in [-0.3, -0.25) is 4.79 Å². The Kier molecular flexibility index (Phi) is 3.94. The lowest BCUT2D eigenvalue weighted by Gasteiger charge is -2.24. The van der Waals surface area contributed by atoms with E-state index in [0.29, 0.717) is 11.1 Å². The predicted molar refractivity (Wildman–Crippen MR) is 66.6 cm³/mol. The number of amides is 1. The summed E-state index contributed by atoms with van der Waals surface area (Å²) in [5, 5.41) is 2.71. The van der Waals surface area contributed by atoms with Crippen molar-refractivity contribution in [3.8, 4) is 0 Å². The number of nitrogens with one attached hydrogen (secondary N) is 1. The van der Waals surface area contributed by atoms with Crippen LogP contribution in [0.5, 0.6) is 0 Å². The van der Waals surface area contributed by atoms with Gasteiger partial charge in [-0.15, -0.1) is 0 Å². The first-order valence-corrected chi connectivity index (χ1v) is 6.04. The Hall–Kier alpha value is -2.17. The molecule has 0 spiro atoms. The standard InChI is InChI=1S/C14H14FNO3/c1-2-19-14(18)11-7-8-12(17)16-13(11)9-3-5-10(15)6-4-9/h3-7,13H,2,8H2,1H3,(H,16,17). The third-order valence-corrected chi connectivity index (χ3v) is 2.84. The molecule has 1 N–H and O–H groups in total. The van der Waals surface area contributed by atoms with Gasteiger partial charge in [-0.1, -0.05) is 18.2 Å². The second kappa shape index (κ2) is 5.65. The van der Waals surface area contributed by atoms with Gasteiger partial charge in [0.15, 0.2) is 0 Å². The molecule has 0 saturated carbocycles. The molecule has 1 aromatic rings. The van der Waals surface area contributed by atoms with Gasteiger partial charge in [0.2, 0.25) is 5.91 Å². The third kappa shape index (κ3) is 2.99. The summed E-state index contributed by atoms with van der Waals surface area (Å²) in [5.41, 5.74) is 1.03. The van der Waals surface area contributed by atoms with Crippen molar-refractivity contribution in [3.05, 3.63) is 47.3 Å². The van der Waals surface area contributed by atoms with Gasteiger partial charge in [0.25, 0.3) is 0 Å². The normalized spacial score (nSPS) is 18.5. The summed E-state index contributed by atoms with van der Waals surface area (Å²) in [6, 6.07) is 5.08. The van der Waals surface area contributed by atoms with E-state index < -0.39 is 12.0 Å². The van der Waals surface area contributed by atoms with E-state index in [0.717, 1.165) is 0 Å². The first-order chi connectivity index (χ1) is 9.11. The summed E-state index contributed by atoms with van der Waals surface area (Å²) in [7, 11) is 0. The second-order valence-corrected chi connectivity index (χ2v) is 4.14. The molecule has 1 aromatic carbocycles. The van der Waals surface area contributed by atoms with Crippen LogP contribution >= 0.6 is 0 Å². The Labute approximate surface area is 110 Å². The number of esters is 1. The Morgan fingerprint density at radius 3 is 2.74 bits per heavy atom. The lowest BCUT2D eigenvalue weighted by molar-refractivity contribution is -0.139. The van der Waals surface area contributed by atoms with E-state index in [1.165, 1.54) is 12.1 Å². The SMILES string of the molecule is CCOC(=O)C1=CCC(=O)NC1c1ccc(F)cc1. The van der Waals surface area contributed by atoms with Crippen molar-refractivity contribution in [2.75, 3.05) is 6.61 Å². The summed E-state index contributed by atoms with van der Waals surface area (Å²) >= 11 is 0. The molecule has 100 valence electrons. The van der Waals surface area contributed by atoms with Crippen molar-refractivity contribution in [1.82, 2.24) is 5.32 Å². The average molecular weight is 263 g/mol. The van der Waals surface area contributed by atoms with Crippen molar-refractivity contribution >= 4 is 11.9 Å². The van der Waals surface area contributed by atoms with E-state index in [2.05, 4.69) is 5.32 Å². The third-order valence-electron chi connectivity index (χ3n) is 2.84. The van der Waals surface area contributed by atoms with Crippen LogP contribution in [0.25, 0.3) is 0 Å². The molecular formula is C14H14FNO3. The number of ether oxygens (including phenoxy) is 1. The van der Waals surface area contributed by atoms with E-state index in [4.69, 9.17) is 4.74 Å². The van der Waals surface area contributed by atoms with Crippen molar-refractivity contribution in [2.45, 2.75) is 19.4 Å². The summed E-state index contributed by atoms with van der Waals surface area (Å²) in [6.45, 7) is 1.98. The van der Waals surface area contributed by atoms with Crippen LogP contribution in [-0.4, -0.2) is 18.5 Å². The molecule has 1 atom stereocenters. The van der Waals surface area contributed by atoms with Gasteiger partial charge in [0.05, 0.1) is 18.2 Å². The molecule has 0 fully saturated rings. The molecule has 1 aliphatic heterocycles. The van der Waals surface area contributed by atoms with Crippen LogP contribution in [0.15, 0.2) is 35.9 Å². The van der Waals surface area contributed by atoms with Crippen LogP contribution in [0.3, 0.4) is 0 Å². The molecular weight excluding hydrogens is 249 g/mol. The molecule has 1 heterocycles. The fraction of sp³-hybridized carbons (Fsp3) is 0.286. The minimum absolute atomic E-state index is 0.145. The molecule has 5 heteroatoms.